The van der Waals surface area contributed by atoms with E-state index in [1.807, 2.05) is 11.6 Å². The Bertz CT molecular complexity index is 287. The standard InChI is InChI=1S/C12H22N2OS/c1-5-12(10(2)3,14-6-8-15-4)11-13-7-9-16-11/h7,9-10,14H,5-6,8H2,1-4H3. The molecule has 0 aliphatic rings. The van der Waals surface area contributed by atoms with Crippen LogP contribution >= 0.6 is 11.3 Å². The molecule has 0 amide bonds. The van der Waals surface area contributed by atoms with Crippen molar-refractivity contribution in [3.63, 3.8) is 0 Å². The predicted octanol–water partition coefficient (Wildman–Crippen LogP) is 2.64. The molecule has 1 atom stereocenters. The first kappa shape index (κ1) is 13.6. The van der Waals surface area contributed by atoms with E-state index in [2.05, 4.69) is 31.1 Å². The molecule has 0 radical (unpaired) electrons. The molecule has 16 heavy (non-hydrogen) atoms. The van der Waals surface area contributed by atoms with Gasteiger partial charge in [0.1, 0.15) is 5.01 Å². The molecule has 1 heterocycles. The van der Waals surface area contributed by atoms with Crippen molar-refractivity contribution in [3.8, 4) is 0 Å². The number of nitrogens with zero attached hydrogens (tertiary/aromatic N) is 1. The van der Waals surface area contributed by atoms with Gasteiger partial charge in [0.05, 0.1) is 12.1 Å². The van der Waals surface area contributed by atoms with E-state index < -0.39 is 0 Å². The summed E-state index contributed by atoms with van der Waals surface area (Å²) in [6.07, 6.45) is 2.92. The monoisotopic (exact) mass is 242 g/mol. The molecule has 0 saturated carbocycles. The first-order valence-corrected chi connectivity index (χ1v) is 6.69. The first-order valence-electron chi connectivity index (χ1n) is 5.81. The summed E-state index contributed by atoms with van der Waals surface area (Å²) in [5.41, 5.74) is -0.00725. The van der Waals surface area contributed by atoms with Crippen LogP contribution in [0.5, 0.6) is 0 Å². The maximum atomic E-state index is 5.10. The van der Waals surface area contributed by atoms with Gasteiger partial charge < -0.3 is 10.1 Å². The lowest BCUT2D eigenvalue weighted by atomic mass is 9.84. The van der Waals surface area contributed by atoms with E-state index in [1.54, 1.807) is 18.4 Å². The molecule has 0 saturated heterocycles. The van der Waals surface area contributed by atoms with Crippen LogP contribution in [0.25, 0.3) is 0 Å². The fourth-order valence-corrected chi connectivity index (χ4v) is 3.07. The molecule has 0 fully saturated rings. The maximum Gasteiger partial charge on any atom is 0.113 e. The minimum Gasteiger partial charge on any atom is -0.383 e. The summed E-state index contributed by atoms with van der Waals surface area (Å²) in [6.45, 7) is 8.29. The Labute approximate surface area is 102 Å². The summed E-state index contributed by atoms with van der Waals surface area (Å²) in [4.78, 5) is 4.47. The van der Waals surface area contributed by atoms with Crippen LogP contribution in [0.15, 0.2) is 11.6 Å². The molecule has 1 rings (SSSR count). The second-order valence-electron chi connectivity index (χ2n) is 4.24. The van der Waals surface area contributed by atoms with Gasteiger partial charge in [-0.3, -0.25) is 0 Å². The molecule has 1 N–H and O–H groups in total. The smallest absolute Gasteiger partial charge is 0.113 e. The second kappa shape index (κ2) is 6.33. The Balaban J connectivity index is 2.83. The highest BCUT2D eigenvalue weighted by Gasteiger charge is 2.35. The van der Waals surface area contributed by atoms with Gasteiger partial charge in [0, 0.05) is 25.2 Å². The van der Waals surface area contributed by atoms with Gasteiger partial charge in [-0.15, -0.1) is 11.3 Å². The van der Waals surface area contributed by atoms with E-state index in [1.165, 1.54) is 5.01 Å². The minimum absolute atomic E-state index is 0.00725. The fourth-order valence-electron chi connectivity index (χ4n) is 2.03. The molecular formula is C12H22N2OS. The molecule has 0 bridgehead atoms. The summed E-state index contributed by atoms with van der Waals surface area (Å²) in [5.74, 6) is 0.514. The highest BCUT2D eigenvalue weighted by Crippen LogP contribution is 2.34. The van der Waals surface area contributed by atoms with Crippen LogP contribution < -0.4 is 5.32 Å². The Kier molecular flexibility index (Phi) is 5.38. The van der Waals surface area contributed by atoms with Crippen LogP contribution in [0, 0.1) is 5.92 Å². The normalized spacial score (nSPS) is 15.3. The van der Waals surface area contributed by atoms with Crippen molar-refractivity contribution >= 4 is 11.3 Å². The van der Waals surface area contributed by atoms with Crippen LogP contribution in [0.3, 0.4) is 0 Å². The molecule has 4 heteroatoms. The minimum atomic E-state index is -0.00725. The highest BCUT2D eigenvalue weighted by atomic mass is 32.1. The third-order valence-electron chi connectivity index (χ3n) is 3.10. The second-order valence-corrected chi connectivity index (χ2v) is 5.13. The van der Waals surface area contributed by atoms with Crippen LogP contribution in [0.4, 0.5) is 0 Å². The SMILES string of the molecule is CCC(NCCOC)(c1nccs1)C(C)C. The van der Waals surface area contributed by atoms with Crippen LogP contribution in [0.1, 0.15) is 32.2 Å². The van der Waals surface area contributed by atoms with Gasteiger partial charge >= 0.3 is 0 Å². The third-order valence-corrected chi connectivity index (χ3v) is 4.05. The van der Waals surface area contributed by atoms with Gasteiger partial charge in [0.2, 0.25) is 0 Å². The maximum absolute atomic E-state index is 5.10. The molecule has 0 aliphatic heterocycles. The van der Waals surface area contributed by atoms with E-state index in [0.717, 1.165) is 19.6 Å². The number of hydrogen-bond donors (Lipinski definition) is 1. The zero-order valence-electron chi connectivity index (χ0n) is 10.6. The lowest BCUT2D eigenvalue weighted by Gasteiger charge is -2.36. The average molecular weight is 242 g/mol. The van der Waals surface area contributed by atoms with Crippen molar-refractivity contribution in [1.82, 2.24) is 10.3 Å². The fraction of sp³-hybridized carbons (Fsp3) is 0.750. The van der Waals surface area contributed by atoms with E-state index >= 15 is 0 Å². The van der Waals surface area contributed by atoms with Crippen molar-refractivity contribution in [2.75, 3.05) is 20.3 Å². The number of nitrogens with one attached hydrogen (secondary N) is 1. The third kappa shape index (κ3) is 2.81. The molecule has 1 aromatic heterocycles. The molecule has 3 nitrogen and oxygen atoms in total. The van der Waals surface area contributed by atoms with E-state index in [4.69, 9.17) is 4.74 Å². The molecule has 1 aromatic rings. The Morgan fingerprint density at radius 2 is 2.31 bits per heavy atom. The summed E-state index contributed by atoms with van der Waals surface area (Å²) in [5, 5.41) is 6.83. The van der Waals surface area contributed by atoms with Gasteiger partial charge in [0.15, 0.2) is 0 Å². The van der Waals surface area contributed by atoms with Gasteiger partial charge in [-0.05, 0) is 12.3 Å². The zero-order chi connectivity index (χ0) is 12.0. The predicted molar refractivity (Wildman–Crippen MR) is 68.8 cm³/mol. The molecule has 1 unspecified atom stereocenters. The van der Waals surface area contributed by atoms with E-state index in [9.17, 15) is 0 Å². The molecular weight excluding hydrogens is 220 g/mol. The number of rotatable bonds is 7. The van der Waals surface area contributed by atoms with Gasteiger partial charge in [-0.25, -0.2) is 4.98 Å². The molecule has 0 spiro atoms. The van der Waals surface area contributed by atoms with Gasteiger partial charge in [-0.1, -0.05) is 20.8 Å². The topological polar surface area (TPSA) is 34.1 Å². The Hall–Kier alpha value is -0.450. The van der Waals surface area contributed by atoms with E-state index in [-0.39, 0.29) is 5.54 Å². The summed E-state index contributed by atoms with van der Waals surface area (Å²) in [7, 11) is 1.73. The van der Waals surface area contributed by atoms with Gasteiger partial charge in [-0.2, -0.15) is 0 Å². The van der Waals surface area contributed by atoms with E-state index in [0.29, 0.717) is 5.92 Å². The van der Waals surface area contributed by atoms with Gasteiger partial charge in [0.25, 0.3) is 0 Å². The molecule has 92 valence electrons. The Morgan fingerprint density at radius 3 is 2.75 bits per heavy atom. The lowest BCUT2D eigenvalue weighted by molar-refractivity contribution is 0.163. The summed E-state index contributed by atoms with van der Waals surface area (Å²) < 4.78 is 5.10. The van der Waals surface area contributed by atoms with Crippen molar-refractivity contribution < 1.29 is 4.74 Å². The molecule has 0 aromatic carbocycles. The van der Waals surface area contributed by atoms with Crippen molar-refractivity contribution in [2.45, 2.75) is 32.7 Å². The number of ether oxygens (including phenoxy) is 1. The van der Waals surface area contributed by atoms with Crippen LogP contribution in [-0.2, 0) is 10.3 Å². The summed E-state index contributed by atoms with van der Waals surface area (Å²) in [6, 6.07) is 0. The van der Waals surface area contributed by atoms with Crippen molar-refractivity contribution in [2.24, 2.45) is 5.92 Å². The first-order chi connectivity index (χ1) is 7.67. The van der Waals surface area contributed by atoms with Crippen LogP contribution in [-0.4, -0.2) is 25.2 Å². The zero-order valence-corrected chi connectivity index (χ0v) is 11.4. The average Bonchev–Trinajstić information content (AvgIpc) is 2.78. The van der Waals surface area contributed by atoms with Crippen molar-refractivity contribution in [1.29, 1.82) is 0 Å². The lowest BCUT2D eigenvalue weighted by Crippen LogP contribution is -2.47. The van der Waals surface area contributed by atoms with Crippen molar-refractivity contribution in [3.05, 3.63) is 16.6 Å². The largest absolute Gasteiger partial charge is 0.383 e. The van der Waals surface area contributed by atoms with Crippen LogP contribution in [0.2, 0.25) is 0 Å². The number of thiazole rings is 1. The molecule has 0 aliphatic carbocycles. The number of aromatic nitrogens is 1. The Morgan fingerprint density at radius 1 is 1.56 bits per heavy atom. The number of methoxy groups -OCH3 is 1. The highest BCUT2D eigenvalue weighted by molar-refractivity contribution is 7.09. The summed E-state index contributed by atoms with van der Waals surface area (Å²) >= 11 is 1.73. The quantitative estimate of drug-likeness (QED) is 0.746. The number of hydrogen-bond acceptors (Lipinski definition) is 4.